The molecule has 2 rings (SSSR count). The fraction of sp³-hybridized carbons (Fsp3) is 0.100. The van der Waals surface area contributed by atoms with Crippen LogP contribution in [0.25, 0.3) is 5.69 Å². The molecule has 2 nitrogen and oxygen atoms in total. The molecule has 1 aromatic heterocycles. The smallest absolute Gasteiger partial charge is 0.239 e. The van der Waals surface area contributed by atoms with Gasteiger partial charge in [-0.1, -0.05) is 0 Å². The van der Waals surface area contributed by atoms with Crippen LogP contribution in [0.15, 0.2) is 36.9 Å². The van der Waals surface area contributed by atoms with Crippen LogP contribution in [0.5, 0.6) is 0 Å². The van der Waals surface area contributed by atoms with Crippen molar-refractivity contribution in [1.82, 2.24) is 4.57 Å². The standard InChI is InChI=1S/C10H9F2N2/c1-13-2-3-14(7-13)10-5-8(11)4-9(12)6-10/h2-7H,1H3/q+1. The molecule has 0 atom stereocenters. The van der Waals surface area contributed by atoms with Crippen LogP contribution >= 0.6 is 0 Å². The number of aryl methyl sites for hydroxylation is 1. The molecule has 0 saturated heterocycles. The molecule has 0 fully saturated rings. The minimum atomic E-state index is -0.573. The third kappa shape index (κ3) is 1.64. The monoisotopic (exact) mass is 195 g/mol. The van der Waals surface area contributed by atoms with E-state index in [0.717, 1.165) is 6.07 Å². The van der Waals surface area contributed by atoms with Crippen LogP contribution in [0.3, 0.4) is 0 Å². The summed E-state index contributed by atoms with van der Waals surface area (Å²) >= 11 is 0. The van der Waals surface area contributed by atoms with E-state index in [-0.39, 0.29) is 0 Å². The summed E-state index contributed by atoms with van der Waals surface area (Å²) in [6, 6.07) is 3.42. The van der Waals surface area contributed by atoms with Crippen LogP contribution in [0.4, 0.5) is 8.78 Å². The van der Waals surface area contributed by atoms with Crippen LogP contribution in [-0.2, 0) is 7.05 Å². The molecule has 0 unspecified atom stereocenters. The highest BCUT2D eigenvalue weighted by atomic mass is 19.1. The SMILES string of the molecule is C[n+]1ccn(-c2cc(F)cc(F)c2)c1. The first-order valence-corrected chi connectivity index (χ1v) is 4.15. The number of halogens is 2. The summed E-state index contributed by atoms with van der Waals surface area (Å²) in [7, 11) is 1.84. The Hall–Kier alpha value is -1.71. The van der Waals surface area contributed by atoms with Gasteiger partial charge < -0.3 is 0 Å². The van der Waals surface area contributed by atoms with Gasteiger partial charge in [0.25, 0.3) is 0 Å². The minimum Gasteiger partial charge on any atom is -0.239 e. The van der Waals surface area contributed by atoms with E-state index in [4.69, 9.17) is 0 Å². The Morgan fingerprint density at radius 2 is 1.79 bits per heavy atom. The van der Waals surface area contributed by atoms with Crippen LogP contribution in [0.1, 0.15) is 0 Å². The Balaban J connectivity index is 2.51. The summed E-state index contributed by atoms with van der Waals surface area (Å²) < 4.78 is 29.2. The summed E-state index contributed by atoms with van der Waals surface area (Å²) in [4.78, 5) is 0. The van der Waals surface area contributed by atoms with Crippen molar-refractivity contribution in [2.45, 2.75) is 0 Å². The molecule has 2 aromatic rings. The van der Waals surface area contributed by atoms with Gasteiger partial charge in [-0.15, -0.1) is 0 Å². The van der Waals surface area contributed by atoms with Gasteiger partial charge in [-0.25, -0.2) is 17.9 Å². The Labute approximate surface area is 80.0 Å². The summed E-state index contributed by atoms with van der Waals surface area (Å²) in [5, 5.41) is 0. The van der Waals surface area contributed by atoms with Crippen molar-refractivity contribution in [2.75, 3.05) is 0 Å². The lowest BCUT2D eigenvalue weighted by Gasteiger charge is -1.96. The molecule has 1 heterocycles. The molecule has 0 N–H and O–H groups in total. The third-order valence-electron chi connectivity index (χ3n) is 1.91. The topological polar surface area (TPSA) is 8.81 Å². The maximum absolute atomic E-state index is 12.9. The van der Waals surface area contributed by atoms with Gasteiger partial charge in [0.1, 0.15) is 29.7 Å². The highest BCUT2D eigenvalue weighted by Crippen LogP contribution is 2.11. The zero-order valence-corrected chi connectivity index (χ0v) is 7.61. The van der Waals surface area contributed by atoms with Gasteiger partial charge in [-0.05, 0) is 0 Å². The van der Waals surface area contributed by atoms with Crippen LogP contribution in [0, 0.1) is 11.6 Å². The Kier molecular flexibility index (Phi) is 2.04. The van der Waals surface area contributed by atoms with E-state index in [9.17, 15) is 8.78 Å². The van der Waals surface area contributed by atoms with Gasteiger partial charge >= 0.3 is 0 Å². The maximum atomic E-state index is 12.9. The van der Waals surface area contributed by atoms with Gasteiger partial charge in [0, 0.05) is 18.2 Å². The van der Waals surface area contributed by atoms with Crippen molar-refractivity contribution in [3.05, 3.63) is 48.6 Å². The highest BCUT2D eigenvalue weighted by molar-refractivity contribution is 5.32. The molecule has 0 spiro atoms. The van der Waals surface area contributed by atoms with Crippen LogP contribution in [-0.4, -0.2) is 4.57 Å². The fourth-order valence-corrected chi connectivity index (χ4v) is 1.29. The van der Waals surface area contributed by atoms with Crippen molar-refractivity contribution in [3.63, 3.8) is 0 Å². The predicted molar refractivity (Wildman–Crippen MR) is 46.9 cm³/mol. The van der Waals surface area contributed by atoms with Crippen molar-refractivity contribution >= 4 is 0 Å². The number of hydrogen-bond donors (Lipinski definition) is 0. The van der Waals surface area contributed by atoms with E-state index in [1.165, 1.54) is 12.1 Å². The molecular weight excluding hydrogens is 186 g/mol. The number of nitrogens with zero attached hydrogens (tertiary/aromatic N) is 2. The number of aromatic nitrogens is 2. The first-order chi connectivity index (χ1) is 6.65. The Morgan fingerprint density at radius 1 is 1.14 bits per heavy atom. The molecule has 1 aromatic carbocycles. The van der Waals surface area contributed by atoms with Crippen LogP contribution < -0.4 is 4.57 Å². The van der Waals surface area contributed by atoms with Crippen molar-refractivity contribution in [2.24, 2.45) is 7.05 Å². The van der Waals surface area contributed by atoms with E-state index in [0.29, 0.717) is 5.69 Å². The molecule has 0 radical (unpaired) electrons. The molecule has 0 aliphatic carbocycles. The van der Waals surface area contributed by atoms with Gasteiger partial charge in [0.15, 0.2) is 0 Å². The maximum Gasteiger partial charge on any atom is 0.248 e. The van der Waals surface area contributed by atoms with Gasteiger partial charge in [0.05, 0.1) is 7.05 Å². The normalized spacial score (nSPS) is 10.5. The molecule has 0 amide bonds. The van der Waals surface area contributed by atoms with E-state index in [1.807, 2.05) is 7.05 Å². The highest BCUT2D eigenvalue weighted by Gasteiger charge is 2.07. The second-order valence-corrected chi connectivity index (χ2v) is 3.11. The summed E-state index contributed by atoms with van der Waals surface area (Å²) in [6.45, 7) is 0. The molecule has 0 aliphatic rings. The second kappa shape index (κ2) is 3.21. The average Bonchev–Trinajstić information content (AvgIpc) is 2.50. The third-order valence-corrected chi connectivity index (χ3v) is 1.91. The predicted octanol–water partition coefficient (Wildman–Crippen LogP) is 1.58. The fourth-order valence-electron chi connectivity index (χ4n) is 1.29. The van der Waals surface area contributed by atoms with E-state index >= 15 is 0 Å². The Bertz CT molecular complexity index is 443. The number of rotatable bonds is 1. The molecular formula is C10H9F2N2+. The van der Waals surface area contributed by atoms with Gasteiger partial charge in [0.2, 0.25) is 6.33 Å². The number of hydrogen-bond acceptors (Lipinski definition) is 0. The summed E-state index contributed by atoms with van der Waals surface area (Å²) in [5.41, 5.74) is 0.475. The zero-order chi connectivity index (χ0) is 10.1. The molecule has 4 heteroatoms. The van der Waals surface area contributed by atoms with Crippen molar-refractivity contribution in [1.29, 1.82) is 0 Å². The lowest BCUT2D eigenvalue weighted by Crippen LogP contribution is -2.23. The van der Waals surface area contributed by atoms with Crippen molar-refractivity contribution in [3.8, 4) is 5.69 Å². The second-order valence-electron chi connectivity index (χ2n) is 3.11. The minimum absolute atomic E-state index is 0.475. The molecule has 14 heavy (non-hydrogen) atoms. The quantitative estimate of drug-likeness (QED) is 0.611. The van der Waals surface area contributed by atoms with Crippen molar-refractivity contribution < 1.29 is 13.3 Å². The molecule has 0 saturated carbocycles. The largest absolute Gasteiger partial charge is 0.248 e. The van der Waals surface area contributed by atoms with Gasteiger partial charge in [-0.2, -0.15) is 0 Å². The first-order valence-electron chi connectivity index (χ1n) is 4.15. The number of imidazole rings is 1. The van der Waals surface area contributed by atoms with Gasteiger partial charge in [-0.3, -0.25) is 0 Å². The Morgan fingerprint density at radius 3 is 2.29 bits per heavy atom. The molecule has 0 aliphatic heterocycles. The molecule has 72 valence electrons. The van der Waals surface area contributed by atoms with Crippen LogP contribution in [0.2, 0.25) is 0 Å². The van der Waals surface area contributed by atoms with E-state index in [2.05, 4.69) is 0 Å². The summed E-state index contributed by atoms with van der Waals surface area (Å²) in [5.74, 6) is -1.15. The first kappa shape index (κ1) is 8.87. The number of benzene rings is 1. The summed E-state index contributed by atoms with van der Waals surface area (Å²) in [6.07, 6.45) is 5.26. The van der Waals surface area contributed by atoms with E-state index < -0.39 is 11.6 Å². The molecule has 0 bridgehead atoms. The average molecular weight is 195 g/mol. The zero-order valence-electron chi connectivity index (χ0n) is 7.61. The lowest BCUT2D eigenvalue weighted by molar-refractivity contribution is -0.670. The lowest BCUT2D eigenvalue weighted by atomic mass is 10.3. The van der Waals surface area contributed by atoms with E-state index in [1.54, 1.807) is 27.9 Å².